The van der Waals surface area contributed by atoms with Crippen molar-refractivity contribution >= 4 is 17.5 Å². The Balaban J connectivity index is 2.62. The molecule has 1 N–H and O–H groups in total. The summed E-state index contributed by atoms with van der Waals surface area (Å²) in [5.41, 5.74) is 1.07. The molecular formula is C16H24ClNO. The van der Waals surface area contributed by atoms with Crippen LogP contribution in [0.1, 0.15) is 51.1 Å². The van der Waals surface area contributed by atoms with Crippen LogP contribution in [-0.4, -0.2) is 11.8 Å². The molecular weight excluding hydrogens is 258 g/mol. The first-order valence-corrected chi connectivity index (χ1v) is 7.67. The lowest BCUT2D eigenvalue weighted by atomic mass is 9.97. The highest BCUT2D eigenvalue weighted by atomic mass is 35.5. The zero-order valence-corrected chi connectivity index (χ0v) is 12.6. The number of nitrogens with one attached hydrogen (secondary N) is 1. The molecule has 2 unspecified atom stereocenters. The van der Waals surface area contributed by atoms with Crippen LogP contribution in [0.15, 0.2) is 30.3 Å². The molecule has 1 aromatic rings. The van der Waals surface area contributed by atoms with Gasteiger partial charge in [0.15, 0.2) is 0 Å². The second-order valence-electron chi connectivity index (χ2n) is 4.87. The molecule has 0 fully saturated rings. The maximum atomic E-state index is 12.3. The number of carbonyl (C=O) groups is 1. The van der Waals surface area contributed by atoms with Crippen molar-refractivity contribution in [3.05, 3.63) is 35.9 Å². The largest absolute Gasteiger partial charge is 0.348 e. The normalized spacial score (nSPS) is 13.8. The second kappa shape index (κ2) is 8.98. The van der Waals surface area contributed by atoms with E-state index in [2.05, 4.69) is 19.2 Å². The van der Waals surface area contributed by atoms with Gasteiger partial charge in [-0.05, 0) is 18.4 Å². The Bertz CT molecular complexity index is 366. The summed E-state index contributed by atoms with van der Waals surface area (Å²) < 4.78 is 0. The number of unbranched alkanes of at least 4 members (excludes halogenated alkanes) is 1. The van der Waals surface area contributed by atoms with Gasteiger partial charge in [0.25, 0.3) is 0 Å². The van der Waals surface area contributed by atoms with E-state index in [0.717, 1.165) is 31.2 Å². The molecule has 0 radical (unpaired) electrons. The highest BCUT2D eigenvalue weighted by Gasteiger charge is 2.19. The van der Waals surface area contributed by atoms with E-state index in [1.54, 1.807) is 0 Å². The molecule has 0 bridgehead atoms. The van der Waals surface area contributed by atoms with Gasteiger partial charge < -0.3 is 5.32 Å². The lowest BCUT2D eigenvalue weighted by Gasteiger charge is -2.21. The summed E-state index contributed by atoms with van der Waals surface area (Å²) in [7, 11) is 0. The molecule has 2 atom stereocenters. The Labute approximate surface area is 121 Å². The number of amides is 1. The van der Waals surface area contributed by atoms with Crippen LogP contribution in [0.2, 0.25) is 0 Å². The minimum absolute atomic E-state index is 0.0916. The molecule has 0 heterocycles. The second-order valence-corrected chi connectivity index (χ2v) is 5.18. The summed E-state index contributed by atoms with van der Waals surface area (Å²) in [6.07, 6.45) is 4.07. The van der Waals surface area contributed by atoms with Gasteiger partial charge in [-0.3, -0.25) is 4.79 Å². The average molecular weight is 282 g/mol. The first-order valence-electron chi connectivity index (χ1n) is 7.14. The third-order valence-corrected chi connectivity index (χ3v) is 3.75. The fourth-order valence-corrected chi connectivity index (χ4v) is 2.41. The van der Waals surface area contributed by atoms with Gasteiger partial charge in [0.1, 0.15) is 0 Å². The van der Waals surface area contributed by atoms with Crippen LogP contribution in [0, 0.1) is 5.92 Å². The average Bonchev–Trinajstić information content (AvgIpc) is 2.46. The molecule has 0 spiro atoms. The highest BCUT2D eigenvalue weighted by molar-refractivity contribution is 6.18. The van der Waals surface area contributed by atoms with Crippen molar-refractivity contribution in [1.29, 1.82) is 0 Å². The monoisotopic (exact) mass is 281 g/mol. The highest BCUT2D eigenvalue weighted by Crippen LogP contribution is 2.18. The van der Waals surface area contributed by atoms with E-state index in [1.807, 2.05) is 30.3 Å². The first-order chi connectivity index (χ1) is 9.22. The van der Waals surface area contributed by atoms with Crippen LogP contribution in [0.5, 0.6) is 0 Å². The molecule has 1 rings (SSSR count). The Kier molecular flexibility index (Phi) is 7.57. The van der Waals surface area contributed by atoms with Gasteiger partial charge in [-0.25, -0.2) is 0 Å². The third-order valence-electron chi connectivity index (χ3n) is 3.44. The van der Waals surface area contributed by atoms with Crippen molar-refractivity contribution in [1.82, 2.24) is 5.32 Å². The molecule has 0 aromatic heterocycles. The predicted octanol–water partition coefficient (Wildman–Crippen LogP) is 4.30. The van der Waals surface area contributed by atoms with Gasteiger partial charge in [0.2, 0.25) is 5.91 Å². The number of benzene rings is 1. The van der Waals surface area contributed by atoms with Crippen molar-refractivity contribution in [2.24, 2.45) is 5.92 Å². The number of alkyl halides is 1. The van der Waals surface area contributed by atoms with Crippen LogP contribution in [-0.2, 0) is 4.79 Å². The Morgan fingerprint density at radius 3 is 2.47 bits per heavy atom. The minimum Gasteiger partial charge on any atom is -0.348 e. The summed E-state index contributed by atoms with van der Waals surface area (Å²) in [6.45, 7) is 4.22. The molecule has 0 aliphatic carbocycles. The first kappa shape index (κ1) is 16.0. The van der Waals surface area contributed by atoms with E-state index in [-0.39, 0.29) is 17.9 Å². The number of halogens is 1. The third kappa shape index (κ3) is 5.23. The molecule has 1 amide bonds. The number of hydrogen-bond donors (Lipinski definition) is 1. The molecule has 0 saturated heterocycles. The van der Waals surface area contributed by atoms with Crippen LogP contribution < -0.4 is 5.32 Å². The summed E-state index contributed by atoms with van der Waals surface area (Å²) >= 11 is 5.98. The Morgan fingerprint density at radius 2 is 1.95 bits per heavy atom. The van der Waals surface area contributed by atoms with Crippen LogP contribution >= 0.6 is 11.6 Å². The van der Waals surface area contributed by atoms with Gasteiger partial charge in [-0.2, -0.15) is 0 Å². The van der Waals surface area contributed by atoms with E-state index >= 15 is 0 Å². The lowest BCUT2D eigenvalue weighted by Crippen LogP contribution is -2.34. The Morgan fingerprint density at radius 1 is 1.26 bits per heavy atom. The van der Waals surface area contributed by atoms with Crippen LogP contribution in [0.25, 0.3) is 0 Å². The van der Waals surface area contributed by atoms with E-state index < -0.39 is 0 Å². The molecule has 0 aliphatic heterocycles. The van der Waals surface area contributed by atoms with Gasteiger partial charge >= 0.3 is 0 Å². The molecule has 3 heteroatoms. The van der Waals surface area contributed by atoms with Crippen molar-refractivity contribution in [3.63, 3.8) is 0 Å². The van der Waals surface area contributed by atoms with Crippen LogP contribution in [0.4, 0.5) is 0 Å². The zero-order valence-electron chi connectivity index (χ0n) is 11.9. The molecule has 2 nitrogen and oxygen atoms in total. The van der Waals surface area contributed by atoms with E-state index in [4.69, 9.17) is 11.6 Å². The summed E-state index contributed by atoms with van der Waals surface area (Å²) in [4.78, 5) is 12.3. The Hall–Kier alpha value is -1.02. The van der Waals surface area contributed by atoms with E-state index in [9.17, 15) is 4.79 Å². The summed E-state index contributed by atoms with van der Waals surface area (Å²) in [6, 6.07) is 9.81. The molecule has 19 heavy (non-hydrogen) atoms. The maximum Gasteiger partial charge on any atom is 0.223 e. The van der Waals surface area contributed by atoms with E-state index in [1.165, 1.54) is 0 Å². The molecule has 0 aliphatic rings. The lowest BCUT2D eigenvalue weighted by molar-refractivity contribution is -0.126. The SMILES string of the molecule is CCCCC(CC)C(=O)NC(CCl)c1ccccc1. The van der Waals surface area contributed by atoms with Gasteiger partial charge in [-0.1, -0.05) is 57.0 Å². The number of carbonyl (C=O) groups excluding carboxylic acids is 1. The van der Waals surface area contributed by atoms with Crippen molar-refractivity contribution in [3.8, 4) is 0 Å². The number of hydrogen-bond acceptors (Lipinski definition) is 1. The fraction of sp³-hybridized carbons (Fsp3) is 0.562. The molecule has 1 aromatic carbocycles. The molecule has 106 valence electrons. The summed E-state index contributed by atoms with van der Waals surface area (Å²) in [5, 5.41) is 3.07. The standard InChI is InChI=1S/C16H24ClNO/c1-3-5-9-13(4-2)16(19)18-15(12-17)14-10-7-6-8-11-14/h6-8,10-11,13,15H,3-5,9,12H2,1-2H3,(H,18,19). The smallest absolute Gasteiger partial charge is 0.223 e. The summed E-state index contributed by atoms with van der Waals surface area (Å²) in [5.74, 6) is 0.639. The molecule has 0 saturated carbocycles. The van der Waals surface area contributed by atoms with E-state index in [0.29, 0.717) is 5.88 Å². The van der Waals surface area contributed by atoms with Crippen molar-refractivity contribution in [2.75, 3.05) is 5.88 Å². The topological polar surface area (TPSA) is 29.1 Å². The van der Waals surface area contributed by atoms with Gasteiger partial charge in [0.05, 0.1) is 6.04 Å². The van der Waals surface area contributed by atoms with Crippen molar-refractivity contribution < 1.29 is 4.79 Å². The van der Waals surface area contributed by atoms with Crippen molar-refractivity contribution in [2.45, 2.75) is 45.6 Å². The number of rotatable bonds is 8. The predicted molar refractivity (Wildman–Crippen MR) is 81.4 cm³/mol. The van der Waals surface area contributed by atoms with Crippen LogP contribution in [0.3, 0.4) is 0 Å². The quantitative estimate of drug-likeness (QED) is 0.707. The zero-order chi connectivity index (χ0) is 14.1. The fourth-order valence-electron chi connectivity index (χ4n) is 2.16. The van der Waals surface area contributed by atoms with Gasteiger partial charge in [-0.15, -0.1) is 11.6 Å². The van der Waals surface area contributed by atoms with Gasteiger partial charge in [0, 0.05) is 11.8 Å². The minimum atomic E-state index is -0.0916. The maximum absolute atomic E-state index is 12.3.